The van der Waals surface area contributed by atoms with E-state index in [1.54, 1.807) is 36.1 Å². The van der Waals surface area contributed by atoms with Gasteiger partial charge in [0.2, 0.25) is 0 Å². The largest absolute Gasteiger partial charge is 0.382 e. The number of benzene rings is 2. The third-order valence-electron chi connectivity index (χ3n) is 6.81. The molecule has 2 N–H and O–H groups in total. The third kappa shape index (κ3) is 3.28. The average molecular weight is 461 g/mol. The molecule has 0 spiro atoms. The van der Waals surface area contributed by atoms with Gasteiger partial charge in [-0.15, -0.1) is 0 Å². The number of urea groups is 1. The molecule has 34 heavy (non-hydrogen) atoms. The van der Waals surface area contributed by atoms with Crippen molar-refractivity contribution in [2.75, 3.05) is 31.2 Å². The van der Waals surface area contributed by atoms with Gasteiger partial charge in [0.25, 0.3) is 11.8 Å². The number of anilines is 1. The van der Waals surface area contributed by atoms with Gasteiger partial charge in [-0.05, 0) is 50.5 Å². The number of carbonyl (C=O) groups is 3. The van der Waals surface area contributed by atoms with E-state index in [2.05, 4.69) is 10.3 Å². The standard InChI is InChI=1S/C26H28N4O4/c1-3-34-16-8-14-27-23(31)19-10-5-7-12-21(19)30-24(32)26(2)22-18(13-15-29(26)25(30)33)17-9-4-6-11-20(17)28-22/h4-7,9-12,28H,3,8,13-16H2,1-2H3,(H,27,31)/t26-/m0/s1. The number of nitrogens with zero attached hydrogens (tertiary/aromatic N) is 2. The lowest BCUT2D eigenvalue weighted by Gasteiger charge is -2.35. The SMILES string of the molecule is CCOCCCNC(=O)c1ccccc1N1C(=O)N2CCc3c([nH]c4ccccc34)[C@@]2(C)C1=O. The summed E-state index contributed by atoms with van der Waals surface area (Å²) in [6.45, 7) is 5.77. The van der Waals surface area contributed by atoms with E-state index in [1.807, 2.05) is 31.2 Å². The lowest BCUT2D eigenvalue weighted by atomic mass is 9.87. The lowest BCUT2D eigenvalue weighted by molar-refractivity contribution is -0.125. The first-order valence-corrected chi connectivity index (χ1v) is 11.7. The van der Waals surface area contributed by atoms with Crippen molar-refractivity contribution in [1.82, 2.24) is 15.2 Å². The molecule has 5 rings (SSSR count). The van der Waals surface area contributed by atoms with Crippen LogP contribution in [0, 0.1) is 0 Å². The van der Waals surface area contributed by atoms with Crippen LogP contribution in [0.5, 0.6) is 0 Å². The predicted molar refractivity (Wildman–Crippen MR) is 129 cm³/mol. The first kappa shape index (κ1) is 22.2. The van der Waals surface area contributed by atoms with E-state index in [0.29, 0.717) is 50.4 Å². The number of amides is 4. The molecule has 2 aromatic carbocycles. The molecule has 8 nitrogen and oxygen atoms in total. The number of nitrogens with one attached hydrogen (secondary N) is 2. The highest BCUT2D eigenvalue weighted by molar-refractivity contribution is 6.25. The molecule has 2 aliphatic rings. The number of hydrogen-bond donors (Lipinski definition) is 2. The number of hydrogen-bond acceptors (Lipinski definition) is 4. The van der Waals surface area contributed by atoms with Crippen LogP contribution in [0.25, 0.3) is 10.9 Å². The van der Waals surface area contributed by atoms with Gasteiger partial charge in [0.15, 0.2) is 5.54 Å². The second-order valence-corrected chi connectivity index (χ2v) is 8.74. The molecule has 1 saturated heterocycles. The minimum absolute atomic E-state index is 0.293. The molecule has 8 heteroatoms. The first-order chi connectivity index (χ1) is 16.5. The van der Waals surface area contributed by atoms with Crippen LogP contribution in [0.15, 0.2) is 48.5 Å². The number of aromatic nitrogens is 1. The van der Waals surface area contributed by atoms with E-state index in [0.717, 1.165) is 27.1 Å². The van der Waals surface area contributed by atoms with Crippen molar-refractivity contribution in [1.29, 1.82) is 0 Å². The van der Waals surface area contributed by atoms with Gasteiger partial charge in [-0.25, -0.2) is 9.69 Å². The van der Waals surface area contributed by atoms with Crippen molar-refractivity contribution in [3.63, 3.8) is 0 Å². The van der Waals surface area contributed by atoms with Crippen LogP contribution in [0.4, 0.5) is 10.5 Å². The second-order valence-electron chi connectivity index (χ2n) is 8.74. The average Bonchev–Trinajstić information content (AvgIpc) is 3.32. The Balaban J connectivity index is 1.49. The molecule has 3 aromatic rings. The number of H-pyrrole nitrogens is 1. The highest BCUT2D eigenvalue weighted by Gasteiger charge is 2.59. The van der Waals surface area contributed by atoms with E-state index in [-0.39, 0.29) is 11.8 Å². The summed E-state index contributed by atoms with van der Waals surface area (Å²) in [5.74, 6) is -0.685. The zero-order valence-electron chi connectivity index (χ0n) is 19.4. The van der Waals surface area contributed by atoms with Crippen molar-refractivity contribution in [2.24, 2.45) is 0 Å². The fraction of sp³-hybridized carbons (Fsp3) is 0.346. The molecular weight excluding hydrogens is 432 g/mol. The van der Waals surface area contributed by atoms with Gasteiger partial charge in [0, 0.05) is 37.2 Å². The molecule has 2 aliphatic heterocycles. The quantitative estimate of drug-likeness (QED) is 0.416. The molecule has 0 aliphatic carbocycles. The number of para-hydroxylation sites is 2. The van der Waals surface area contributed by atoms with E-state index in [1.165, 1.54) is 0 Å². The molecule has 3 heterocycles. The Hall–Kier alpha value is -3.65. The van der Waals surface area contributed by atoms with Crippen molar-refractivity contribution in [3.8, 4) is 0 Å². The molecule has 4 amide bonds. The van der Waals surface area contributed by atoms with Crippen LogP contribution in [-0.2, 0) is 21.5 Å². The number of aromatic amines is 1. The Morgan fingerprint density at radius 3 is 2.74 bits per heavy atom. The fourth-order valence-corrected chi connectivity index (χ4v) is 5.08. The highest BCUT2D eigenvalue weighted by atomic mass is 16.5. The Morgan fingerprint density at radius 2 is 1.91 bits per heavy atom. The van der Waals surface area contributed by atoms with Gasteiger partial charge >= 0.3 is 6.03 Å². The first-order valence-electron chi connectivity index (χ1n) is 11.7. The Morgan fingerprint density at radius 1 is 1.15 bits per heavy atom. The fourth-order valence-electron chi connectivity index (χ4n) is 5.08. The topological polar surface area (TPSA) is 94.7 Å². The lowest BCUT2D eigenvalue weighted by Crippen LogP contribution is -2.49. The minimum atomic E-state index is -1.16. The zero-order chi connectivity index (χ0) is 23.9. The maximum Gasteiger partial charge on any atom is 0.332 e. The third-order valence-corrected chi connectivity index (χ3v) is 6.81. The molecule has 0 radical (unpaired) electrons. The van der Waals surface area contributed by atoms with Crippen LogP contribution in [0.2, 0.25) is 0 Å². The van der Waals surface area contributed by atoms with Crippen LogP contribution in [0.1, 0.15) is 41.9 Å². The van der Waals surface area contributed by atoms with Crippen molar-refractivity contribution < 1.29 is 19.1 Å². The van der Waals surface area contributed by atoms with E-state index in [9.17, 15) is 14.4 Å². The van der Waals surface area contributed by atoms with Crippen LogP contribution in [-0.4, -0.2) is 54.0 Å². The van der Waals surface area contributed by atoms with Crippen LogP contribution < -0.4 is 10.2 Å². The van der Waals surface area contributed by atoms with Gasteiger partial charge in [-0.1, -0.05) is 30.3 Å². The van der Waals surface area contributed by atoms with Gasteiger partial charge < -0.3 is 19.9 Å². The van der Waals surface area contributed by atoms with Gasteiger partial charge in [-0.3, -0.25) is 9.59 Å². The molecular formula is C26H28N4O4. The summed E-state index contributed by atoms with van der Waals surface area (Å²) in [5.41, 5.74) is 2.19. The molecule has 0 bridgehead atoms. The number of fused-ring (bicyclic) bond motifs is 5. The molecule has 0 unspecified atom stereocenters. The van der Waals surface area contributed by atoms with Crippen molar-refractivity contribution in [2.45, 2.75) is 32.2 Å². The van der Waals surface area contributed by atoms with Crippen molar-refractivity contribution in [3.05, 3.63) is 65.4 Å². The molecule has 1 fully saturated rings. The van der Waals surface area contributed by atoms with Gasteiger partial charge in [-0.2, -0.15) is 0 Å². The molecule has 1 atom stereocenters. The summed E-state index contributed by atoms with van der Waals surface area (Å²) in [6.07, 6.45) is 1.34. The summed E-state index contributed by atoms with van der Waals surface area (Å²) in [7, 11) is 0. The highest BCUT2D eigenvalue weighted by Crippen LogP contribution is 2.45. The Bertz CT molecular complexity index is 1280. The van der Waals surface area contributed by atoms with Crippen molar-refractivity contribution >= 4 is 34.4 Å². The number of carbonyl (C=O) groups excluding carboxylic acids is 3. The minimum Gasteiger partial charge on any atom is -0.382 e. The van der Waals surface area contributed by atoms with Crippen LogP contribution >= 0.6 is 0 Å². The predicted octanol–water partition coefficient (Wildman–Crippen LogP) is 3.56. The van der Waals surface area contributed by atoms with Crippen LogP contribution in [0.3, 0.4) is 0 Å². The second kappa shape index (κ2) is 8.61. The maximum absolute atomic E-state index is 13.9. The van der Waals surface area contributed by atoms with Gasteiger partial charge in [0.05, 0.1) is 16.9 Å². The van der Waals surface area contributed by atoms with E-state index in [4.69, 9.17) is 4.74 Å². The normalized spacial score (nSPS) is 19.5. The maximum atomic E-state index is 13.9. The number of imide groups is 1. The molecule has 176 valence electrons. The molecule has 0 saturated carbocycles. The molecule has 1 aromatic heterocycles. The summed E-state index contributed by atoms with van der Waals surface area (Å²) >= 11 is 0. The van der Waals surface area contributed by atoms with E-state index < -0.39 is 11.6 Å². The summed E-state index contributed by atoms with van der Waals surface area (Å²) < 4.78 is 5.31. The Labute approximate surface area is 197 Å². The number of rotatable bonds is 7. The monoisotopic (exact) mass is 460 g/mol. The van der Waals surface area contributed by atoms with Gasteiger partial charge in [0.1, 0.15) is 0 Å². The van der Waals surface area contributed by atoms with E-state index >= 15 is 0 Å². The zero-order valence-corrected chi connectivity index (χ0v) is 19.4. The smallest absolute Gasteiger partial charge is 0.332 e. The summed E-state index contributed by atoms with van der Waals surface area (Å²) in [5, 5.41) is 3.94. The number of ether oxygens (including phenoxy) is 1. The Kier molecular flexibility index (Phi) is 5.61. The summed E-state index contributed by atoms with van der Waals surface area (Å²) in [4.78, 5) is 46.6. The summed E-state index contributed by atoms with van der Waals surface area (Å²) in [6, 6.07) is 14.3.